The zero-order valence-electron chi connectivity index (χ0n) is 12.8. The average Bonchev–Trinajstić information content (AvgIpc) is 3.05. The molecule has 0 fully saturated rings. The Morgan fingerprint density at radius 3 is 2.77 bits per heavy atom. The topological polar surface area (TPSA) is 24.7 Å². The second-order valence-electron chi connectivity index (χ2n) is 6.05. The minimum Gasteiger partial charge on any atom is -0.323 e. The minimum absolute atomic E-state index is 0.119. The summed E-state index contributed by atoms with van der Waals surface area (Å²) in [6, 6.07) is 15.1. The van der Waals surface area contributed by atoms with Crippen LogP contribution in [0.3, 0.4) is 0 Å². The van der Waals surface area contributed by atoms with Crippen molar-refractivity contribution in [2.24, 2.45) is 0 Å². The summed E-state index contributed by atoms with van der Waals surface area (Å²) in [5.74, 6) is 0.119. The molecule has 0 radical (unpaired) electrons. The predicted molar refractivity (Wildman–Crippen MR) is 89.2 cm³/mol. The number of benzene rings is 1. The first-order chi connectivity index (χ1) is 10.6. The maximum Gasteiger partial charge on any atom is 0.224 e. The molecule has 1 amide bonds. The molecular formula is C19H18N2O. The van der Waals surface area contributed by atoms with E-state index in [0.29, 0.717) is 0 Å². The van der Waals surface area contributed by atoms with E-state index in [4.69, 9.17) is 0 Å². The number of nitrogens with zero attached hydrogens (tertiary/aromatic N) is 2. The molecule has 0 saturated heterocycles. The second-order valence-corrected chi connectivity index (χ2v) is 6.05. The fraction of sp³-hybridized carbons (Fsp3) is 0.211. The lowest BCUT2D eigenvalue weighted by molar-refractivity contribution is -0.116. The average molecular weight is 290 g/mol. The van der Waals surface area contributed by atoms with Crippen LogP contribution >= 0.6 is 0 Å². The van der Waals surface area contributed by atoms with Crippen LogP contribution < -0.4 is 4.90 Å². The molecule has 1 aliphatic heterocycles. The van der Waals surface area contributed by atoms with Crippen LogP contribution in [0.4, 0.5) is 5.69 Å². The highest BCUT2D eigenvalue weighted by atomic mass is 16.2. The van der Waals surface area contributed by atoms with Crippen LogP contribution in [0.1, 0.15) is 19.4 Å². The van der Waals surface area contributed by atoms with E-state index in [9.17, 15) is 4.79 Å². The van der Waals surface area contributed by atoms with Crippen molar-refractivity contribution >= 4 is 17.1 Å². The Balaban J connectivity index is 1.79. The summed E-state index contributed by atoms with van der Waals surface area (Å²) in [5.41, 5.74) is 5.93. The predicted octanol–water partition coefficient (Wildman–Crippen LogP) is 3.90. The molecule has 1 atom stereocenters. The number of amides is 1. The van der Waals surface area contributed by atoms with Gasteiger partial charge in [0.05, 0.1) is 0 Å². The van der Waals surface area contributed by atoms with Gasteiger partial charge < -0.3 is 9.30 Å². The molecule has 0 unspecified atom stereocenters. The highest BCUT2D eigenvalue weighted by Gasteiger charge is 2.28. The largest absolute Gasteiger partial charge is 0.323 e. The second kappa shape index (κ2) is 4.73. The van der Waals surface area contributed by atoms with Crippen molar-refractivity contribution < 1.29 is 4.79 Å². The lowest BCUT2D eigenvalue weighted by Crippen LogP contribution is -2.33. The summed E-state index contributed by atoms with van der Waals surface area (Å²) in [4.78, 5) is 13.7. The Bertz CT molecular complexity index is 845. The van der Waals surface area contributed by atoms with E-state index >= 15 is 0 Å². The third kappa shape index (κ3) is 1.93. The minimum atomic E-state index is 0.119. The molecule has 3 heteroatoms. The number of anilines is 1. The number of hydrogen-bond donors (Lipinski definition) is 0. The van der Waals surface area contributed by atoms with Crippen molar-refractivity contribution in [3.8, 4) is 11.1 Å². The Kier molecular flexibility index (Phi) is 2.83. The summed E-state index contributed by atoms with van der Waals surface area (Å²) >= 11 is 0. The molecular weight excluding hydrogens is 272 g/mol. The molecule has 0 saturated carbocycles. The molecule has 2 aromatic heterocycles. The quantitative estimate of drug-likeness (QED) is 0.667. The maximum atomic E-state index is 11.8. The summed E-state index contributed by atoms with van der Waals surface area (Å²) in [5, 5.41) is 0. The molecule has 3 heterocycles. The van der Waals surface area contributed by atoms with Crippen molar-refractivity contribution in [1.29, 1.82) is 0 Å². The summed E-state index contributed by atoms with van der Waals surface area (Å²) in [7, 11) is 0. The highest BCUT2D eigenvalue weighted by molar-refractivity contribution is 5.95. The molecule has 4 rings (SSSR count). The van der Waals surface area contributed by atoms with Crippen LogP contribution in [0.5, 0.6) is 0 Å². The van der Waals surface area contributed by atoms with E-state index in [2.05, 4.69) is 54.0 Å². The van der Waals surface area contributed by atoms with Crippen LogP contribution in [0.2, 0.25) is 0 Å². The SMILES string of the molecule is CC(=O)N1c2ccc(-c3cc4ccccn4c3)cc2C[C@H]1C. The third-order valence-corrected chi connectivity index (χ3v) is 4.47. The number of fused-ring (bicyclic) bond motifs is 2. The van der Waals surface area contributed by atoms with E-state index in [0.717, 1.165) is 12.1 Å². The van der Waals surface area contributed by atoms with E-state index in [1.54, 1.807) is 6.92 Å². The number of rotatable bonds is 1. The van der Waals surface area contributed by atoms with Crippen LogP contribution in [0.25, 0.3) is 16.6 Å². The van der Waals surface area contributed by atoms with Crippen LogP contribution in [0, 0.1) is 0 Å². The van der Waals surface area contributed by atoms with Crippen LogP contribution in [-0.4, -0.2) is 16.3 Å². The Morgan fingerprint density at radius 2 is 2.00 bits per heavy atom. The van der Waals surface area contributed by atoms with Gasteiger partial charge in [0.1, 0.15) is 0 Å². The van der Waals surface area contributed by atoms with Gasteiger partial charge in [-0.1, -0.05) is 12.1 Å². The molecule has 3 aromatic rings. The van der Waals surface area contributed by atoms with Crippen molar-refractivity contribution in [3.63, 3.8) is 0 Å². The fourth-order valence-corrected chi connectivity index (χ4v) is 3.50. The number of carbonyl (C=O) groups excluding carboxylic acids is 1. The molecule has 0 N–H and O–H groups in total. The van der Waals surface area contributed by atoms with Crippen molar-refractivity contribution in [3.05, 3.63) is 60.4 Å². The molecule has 3 nitrogen and oxygen atoms in total. The Labute approximate surface area is 129 Å². The van der Waals surface area contributed by atoms with E-state index < -0.39 is 0 Å². The summed E-state index contributed by atoms with van der Waals surface area (Å²) in [6.07, 6.45) is 5.14. The Hall–Kier alpha value is -2.55. The van der Waals surface area contributed by atoms with Gasteiger partial charge in [0.25, 0.3) is 0 Å². The summed E-state index contributed by atoms with van der Waals surface area (Å²) < 4.78 is 2.13. The van der Waals surface area contributed by atoms with Gasteiger partial charge in [-0.05, 0) is 54.8 Å². The lowest BCUT2D eigenvalue weighted by atomic mass is 10.0. The third-order valence-electron chi connectivity index (χ3n) is 4.47. The van der Waals surface area contributed by atoms with Crippen molar-refractivity contribution in [1.82, 2.24) is 4.40 Å². The number of pyridine rings is 1. The molecule has 0 aliphatic carbocycles. The van der Waals surface area contributed by atoms with Gasteiger partial charge in [-0.2, -0.15) is 0 Å². The first-order valence-corrected chi connectivity index (χ1v) is 7.63. The van der Waals surface area contributed by atoms with Gasteiger partial charge in [-0.3, -0.25) is 4.79 Å². The molecule has 1 aromatic carbocycles. The number of hydrogen-bond acceptors (Lipinski definition) is 1. The van der Waals surface area contributed by atoms with Gasteiger partial charge in [0.2, 0.25) is 5.91 Å². The lowest BCUT2D eigenvalue weighted by Gasteiger charge is -2.20. The van der Waals surface area contributed by atoms with Gasteiger partial charge >= 0.3 is 0 Å². The van der Waals surface area contributed by atoms with Crippen LogP contribution in [0.15, 0.2) is 54.9 Å². The zero-order valence-corrected chi connectivity index (χ0v) is 12.8. The monoisotopic (exact) mass is 290 g/mol. The summed E-state index contributed by atoms with van der Waals surface area (Å²) in [6.45, 7) is 3.74. The molecule has 1 aliphatic rings. The molecule has 0 spiro atoms. The fourth-order valence-electron chi connectivity index (χ4n) is 3.50. The highest BCUT2D eigenvalue weighted by Crippen LogP contribution is 2.35. The van der Waals surface area contributed by atoms with Crippen molar-refractivity contribution in [2.75, 3.05) is 4.90 Å². The zero-order chi connectivity index (χ0) is 15.3. The van der Waals surface area contributed by atoms with Gasteiger partial charge in [0.15, 0.2) is 0 Å². The first kappa shape index (κ1) is 13.1. The van der Waals surface area contributed by atoms with Crippen LogP contribution in [-0.2, 0) is 11.2 Å². The van der Waals surface area contributed by atoms with E-state index in [-0.39, 0.29) is 11.9 Å². The van der Waals surface area contributed by atoms with Crippen molar-refractivity contribution in [2.45, 2.75) is 26.3 Å². The molecule has 22 heavy (non-hydrogen) atoms. The van der Waals surface area contributed by atoms with E-state index in [1.807, 2.05) is 17.0 Å². The first-order valence-electron chi connectivity index (χ1n) is 7.63. The Morgan fingerprint density at radius 1 is 1.14 bits per heavy atom. The standard InChI is InChI=1S/C19H18N2O/c1-13-9-16-10-15(6-7-19(16)21(13)14(2)22)17-11-18-5-3-4-8-20(18)12-17/h3-8,10-13H,9H2,1-2H3/t13-/m1/s1. The van der Waals surface area contributed by atoms with Gasteiger partial charge in [-0.25, -0.2) is 0 Å². The molecule has 110 valence electrons. The smallest absolute Gasteiger partial charge is 0.224 e. The normalized spacial score (nSPS) is 17.0. The van der Waals surface area contributed by atoms with Gasteiger partial charge in [0, 0.05) is 42.1 Å². The van der Waals surface area contributed by atoms with Gasteiger partial charge in [-0.15, -0.1) is 0 Å². The maximum absolute atomic E-state index is 11.8. The van der Waals surface area contributed by atoms with E-state index in [1.165, 1.54) is 22.2 Å². The molecule has 0 bridgehead atoms. The number of aromatic nitrogens is 1. The number of carbonyl (C=O) groups is 1.